The second-order valence-corrected chi connectivity index (χ2v) is 8.38. The Kier molecular flexibility index (Phi) is 4.37. The number of fused-ring (bicyclic) bond motifs is 1. The van der Waals surface area contributed by atoms with Crippen LogP contribution < -0.4 is 0 Å². The van der Waals surface area contributed by atoms with E-state index in [2.05, 4.69) is 0 Å². The van der Waals surface area contributed by atoms with Crippen LogP contribution in [-0.4, -0.2) is 35.9 Å². The summed E-state index contributed by atoms with van der Waals surface area (Å²) < 4.78 is 54.8. The van der Waals surface area contributed by atoms with E-state index >= 15 is 0 Å². The van der Waals surface area contributed by atoms with Crippen molar-refractivity contribution in [2.24, 2.45) is 5.92 Å². The fourth-order valence-electron chi connectivity index (χ4n) is 3.91. The molecule has 3 unspecified atom stereocenters. The lowest BCUT2D eigenvalue weighted by Gasteiger charge is -2.32. The molecule has 1 heterocycles. The van der Waals surface area contributed by atoms with Crippen molar-refractivity contribution in [3.63, 3.8) is 0 Å². The second kappa shape index (κ2) is 6.07. The number of nitrogens with zero attached hydrogens (tertiary/aromatic N) is 1. The van der Waals surface area contributed by atoms with Crippen molar-refractivity contribution >= 4 is 16.0 Å². The standard InChI is InChI=1S/C16H19F2NO4S/c1-9-6-12(18)15(8-11(9)17)24(22,23)19-13-5-3-2-4-10(13)7-14(19)16(20)21/h6,8,10,13-14H,2-5,7H2,1H3,(H,20,21). The van der Waals surface area contributed by atoms with Gasteiger partial charge in [-0.25, -0.2) is 17.2 Å². The third kappa shape index (κ3) is 2.71. The summed E-state index contributed by atoms with van der Waals surface area (Å²) in [4.78, 5) is 10.8. The van der Waals surface area contributed by atoms with Gasteiger partial charge in [0.2, 0.25) is 10.0 Å². The second-order valence-electron chi connectivity index (χ2n) is 6.57. The van der Waals surface area contributed by atoms with Crippen LogP contribution in [0, 0.1) is 24.5 Å². The summed E-state index contributed by atoms with van der Waals surface area (Å²) in [6.07, 6.45) is 3.24. The number of halogens is 2. The normalized spacial score (nSPS) is 27.9. The first-order valence-electron chi connectivity index (χ1n) is 7.95. The third-order valence-electron chi connectivity index (χ3n) is 5.08. The molecule has 3 atom stereocenters. The molecule has 0 radical (unpaired) electrons. The number of rotatable bonds is 3. The predicted molar refractivity (Wildman–Crippen MR) is 81.9 cm³/mol. The van der Waals surface area contributed by atoms with Crippen LogP contribution in [0.15, 0.2) is 17.0 Å². The first-order valence-corrected chi connectivity index (χ1v) is 9.39. The molecule has 1 saturated heterocycles. The van der Waals surface area contributed by atoms with Gasteiger partial charge in [0.1, 0.15) is 22.6 Å². The maximum absolute atomic E-state index is 14.2. The molecular weight excluding hydrogens is 340 g/mol. The molecule has 8 heteroatoms. The van der Waals surface area contributed by atoms with E-state index in [0.717, 1.165) is 29.6 Å². The monoisotopic (exact) mass is 359 g/mol. The van der Waals surface area contributed by atoms with Crippen molar-refractivity contribution in [1.82, 2.24) is 4.31 Å². The van der Waals surface area contributed by atoms with E-state index in [-0.39, 0.29) is 17.9 Å². The highest BCUT2D eigenvalue weighted by Crippen LogP contribution is 2.43. The van der Waals surface area contributed by atoms with Gasteiger partial charge < -0.3 is 5.11 Å². The first kappa shape index (κ1) is 17.3. The molecule has 0 amide bonds. The van der Waals surface area contributed by atoms with Crippen LogP contribution in [0.2, 0.25) is 0 Å². The Bertz CT molecular complexity index is 781. The minimum Gasteiger partial charge on any atom is -0.480 e. The van der Waals surface area contributed by atoms with Crippen LogP contribution in [0.25, 0.3) is 0 Å². The Hall–Kier alpha value is -1.54. The molecule has 1 aliphatic carbocycles. The average Bonchev–Trinajstić information content (AvgIpc) is 2.91. The van der Waals surface area contributed by atoms with Gasteiger partial charge in [0.05, 0.1) is 0 Å². The van der Waals surface area contributed by atoms with Gasteiger partial charge in [-0.15, -0.1) is 0 Å². The summed E-state index contributed by atoms with van der Waals surface area (Å²) in [6.45, 7) is 1.34. The first-order chi connectivity index (χ1) is 11.2. The quantitative estimate of drug-likeness (QED) is 0.900. The summed E-state index contributed by atoms with van der Waals surface area (Å²) in [6, 6.07) is -0.220. The predicted octanol–water partition coefficient (Wildman–Crippen LogP) is 2.68. The molecule has 3 rings (SSSR count). The van der Waals surface area contributed by atoms with Gasteiger partial charge in [0.25, 0.3) is 0 Å². The van der Waals surface area contributed by atoms with E-state index in [0.29, 0.717) is 12.5 Å². The number of carboxylic acid groups (broad SMARTS) is 1. The highest BCUT2D eigenvalue weighted by Gasteiger charge is 2.51. The SMILES string of the molecule is Cc1cc(F)c(S(=O)(=O)N2C(C(=O)O)CC3CCCCC32)cc1F. The van der Waals surface area contributed by atoms with Crippen LogP contribution in [-0.2, 0) is 14.8 Å². The van der Waals surface area contributed by atoms with Crippen LogP contribution >= 0.6 is 0 Å². The topological polar surface area (TPSA) is 74.7 Å². The molecule has 1 aliphatic heterocycles. The van der Waals surface area contributed by atoms with Crippen molar-refractivity contribution < 1.29 is 27.1 Å². The van der Waals surface area contributed by atoms with Gasteiger partial charge in [-0.3, -0.25) is 4.79 Å². The number of hydrogen-bond acceptors (Lipinski definition) is 3. The van der Waals surface area contributed by atoms with E-state index in [1.165, 1.54) is 6.92 Å². The van der Waals surface area contributed by atoms with Gasteiger partial charge in [-0.1, -0.05) is 12.8 Å². The molecule has 0 bridgehead atoms. The fourth-order valence-corrected chi connectivity index (χ4v) is 5.84. The Labute approximate surface area is 139 Å². The minimum absolute atomic E-state index is 0.00167. The maximum atomic E-state index is 14.2. The van der Waals surface area contributed by atoms with Gasteiger partial charge >= 0.3 is 5.97 Å². The summed E-state index contributed by atoms with van der Waals surface area (Å²) in [7, 11) is -4.44. The van der Waals surface area contributed by atoms with Crippen molar-refractivity contribution in [3.05, 3.63) is 29.3 Å². The molecule has 0 spiro atoms. The maximum Gasteiger partial charge on any atom is 0.322 e. The van der Waals surface area contributed by atoms with Crippen molar-refractivity contribution in [2.75, 3.05) is 0 Å². The fraction of sp³-hybridized carbons (Fsp3) is 0.562. The van der Waals surface area contributed by atoms with E-state index < -0.39 is 44.6 Å². The Morgan fingerprint density at radius 3 is 2.54 bits per heavy atom. The van der Waals surface area contributed by atoms with Gasteiger partial charge in [0.15, 0.2) is 0 Å². The summed E-state index contributed by atoms with van der Waals surface area (Å²) in [5, 5.41) is 9.43. The smallest absolute Gasteiger partial charge is 0.322 e. The lowest BCUT2D eigenvalue weighted by Crippen LogP contribution is -2.46. The van der Waals surface area contributed by atoms with Gasteiger partial charge in [-0.2, -0.15) is 4.31 Å². The summed E-state index contributed by atoms with van der Waals surface area (Å²) in [5.74, 6) is -3.19. The molecule has 132 valence electrons. The molecule has 24 heavy (non-hydrogen) atoms. The number of carbonyl (C=O) groups is 1. The highest BCUT2D eigenvalue weighted by atomic mass is 32.2. The van der Waals surface area contributed by atoms with Crippen LogP contribution in [0.4, 0.5) is 8.78 Å². The van der Waals surface area contributed by atoms with E-state index in [1.54, 1.807) is 0 Å². The number of aliphatic carboxylic acids is 1. The molecule has 2 fully saturated rings. The zero-order valence-corrected chi connectivity index (χ0v) is 14.0. The molecule has 1 aromatic rings. The van der Waals surface area contributed by atoms with E-state index in [4.69, 9.17) is 0 Å². The number of sulfonamides is 1. The van der Waals surface area contributed by atoms with Crippen LogP contribution in [0.5, 0.6) is 0 Å². The zero-order chi connectivity index (χ0) is 17.6. The zero-order valence-electron chi connectivity index (χ0n) is 13.2. The third-order valence-corrected chi connectivity index (χ3v) is 7.03. The molecule has 1 aromatic carbocycles. The van der Waals surface area contributed by atoms with Gasteiger partial charge in [0, 0.05) is 6.04 Å². The Morgan fingerprint density at radius 2 is 1.88 bits per heavy atom. The molecule has 1 saturated carbocycles. The van der Waals surface area contributed by atoms with Crippen LogP contribution in [0.1, 0.15) is 37.7 Å². The van der Waals surface area contributed by atoms with E-state index in [1.807, 2.05) is 0 Å². The lowest BCUT2D eigenvalue weighted by molar-refractivity contribution is -0.141. The molecule has 1 N–H and O–H groups in total. The number of hydrogen-bond donors (Lipinski definition) is 1. The number of carboxylic acids is 1. The molecule has 2 aliphatic rings. The molecule has 5 nitrogen and oxygen atoms in total. The van der Waals surface area contributed by atoms with Crippen molar-refractivity contribution in [1.29, 1.82) is 0 Å². The van der Waals surface area contributed by atoms with Crippen molar-refractivity contribution in [3.8, 4) is 0 Å². The number of benzene rings is 1. The van der Waals surface area contributed by atoms with Crippen molar-refractivity contribution in [2.45, 2.75) is 56.0 Å². The van der Waals surface area contributed by atoms with E-state index in [9.17, 15) is 27.1 Å². The summed E-state index contributed by atoms with van der Waals surface area (Å²) in [5.41, 5.74) is -0.00167. The summed E-state index contributed by atoms with van der Waals surface area (Å²) >= 11 is 0. The average molecular weight is 359 g/mol. The van der Waals surface area contributed by atoms with Crippen LogP contribution in [0.3, 0.4) is 0 Å². The lowest BCUT2D eigenvalue weighted by atomic mass is 9.85. The number of aryl methyl sites for hydroxylation is 1. The molecular formula is C16H19F2NO4S. The Morgan fingerprint density at radius 1 is 1.21 bits per heavy atom. The Balaban J connectivity index is 2.09. The largest absolute Gasteiger partial charge is 0.480 e. The highest BCUT2D eigenvalue weighted by molar-refractivity contribution is 7.89. The minimum atomic E-state index is -4.44. The van der Waals surface area contributed by atoms with Gasteiger partial charge in [-0.05, 0) is 49.8 Å². The molecule has 0 aromatic heterocycles.